The van der Waals surface area contributed by atoms with Crippen LogP contribution in [-0.4, -0.2) is 109 Å². The number of hydrogen-bond donors (Lipinski definition) is 3. The van der Waals surface area contributed by atoms with Crippen molar-refractivity contribution in [2.45, 2.75) is 152 Å². The molecule has 4 rings (SSSR count). The largest absolute Gasteiger partial charge is 0.438 e. The van der Waals surface area contributed by atoms with Gasteiger partial charge in [-0.15, -0.1) is 13.2 Å². The lowest BCUT2D eigenvalue weighted by atomic mass is 9.83. The molecule has 0 aromatic heterocycles. The van der Waals surface area contributed by atoms with Gasteiger partial charge in [0.2, 0.25) is 0 Å². The van der Waals surface area contributed by atoms with Crippen LogP contribution in [0.25, 0.3) is 20.9 Å². The average molecular weight is 889 g/mol. The minimum atomic E-state index is -2.93. The van der Waals surface area contributed by atoms with E-state index < -0.39 is 49.9 Å². The van der Waals surface area contributed by atoms with Crippen molar-refractivity contribution in [3.63, 3.8) is 0 Å². The second-order valence-electron chi connectivity index (χ2n) is 17.7. The monoisotopic (exact) mass is 889 g/mol. The maximum Gasteiger partial charge on any atom is 0.410 e. The van der Waals surface area contributed by atoms with Crippen LogP contribution in [0.4, 0.5) is 9.59 Å². The molecule has 0 spiro atoms. The Balaban J connectivity index is 0.000000390. The van der Waals surface area contributed by atoms with Gasteiger partial charge >= 0.3 is 12.2 Å². The van der Waals surface area contributed by atoms with Crippen LogP contribution in [0.2, 0.25) is 5.04 Å². The Morgan fingerprint density at radius 1 is 0.794 bits per heavy atom. The SMILES string of the molecule is C=CC[C@@H](N)[C@H]1N(CCCCN=[N+]=[N-])C(=O)O[C@]1(C)[C@@H](CC)O[Si](c1ccccc1)(c1ccccc1)C(C)(C)C.C=CC[C@@H](N)[C@H]1N(CCCCN=[N+]=[N-])C(=O)O[C@]1(C)[C@H](O)CC. The van der Waals surface area contributed by atoms with Crippen LogP contribution in [0, 0.1) is 0 Å². The van der Waals surface area contributed by atoms with Crippen LogP contribution in [0.5, 0.6) is 0 Å². The first kappa shape index (κ1) is 52.5. The van der Waals surface area contributed by atoms with E-state index in [1.165, 1.54) is 10.4 Å². The lowest BCUT2D eigenvalue weighted by molar-refractivity contribution is -0.0653. The molecule has 2 aliphatic heterocycles. The predicted molar refractivity (Wildman–Crippen MR) is 252 cm³/mol. The van der Waals surface area contributed by atoms with Crippen LogP contribution in [0.15, 0.2) is 96.2 Å². The third-order valence-electron chi connectivity index (χ3n) is 12.4. The van der Waals surface area contributed by atoms with E-state index in [4.69, 9.17) is 36.4 Å². The molecule has 346 valence electrons. The van der Waals surface area contributed by atoms with Crippen molar-refractivity contribution >= 4 is 30.9 Å². The van der Waals surface area contributed by atoms with Gasteiger partial charge in [0, 0.05) is 48.1 Å². The molecule has 2 aromatic rings. The van der Waals surface area contributed by atoms with E-state index in [1.807, 2.05) is 26.0 Å². The molecule has 5 N–H and O–H groups in total. The smallest absolute Gasteiger partial charge is 0.410 e. The fourth-order valence-corrected chi connectivity index (χ4v) is 14.2. The first-order valence-electron chi connectivity index (χ1n) is 22.2. The molecular weight excluding hydrogens is 817 g/mol. The Morgan fingerprint density at radius 3 is 1.57 bits per heavy atom. The number of azide groups is 2. The van der Waals surface area contributed by atoms with Crippen molar-refractivity contribution < 1.29 is 28.6 Å². The first-order valence-corrected chi connectivity index (χ1v) is 24.1. The fraction of sp³-hybridized carbons (Fsp3) is 0.609. The zero-order valence-electron chi connectivity index (χ0n) is 38.5. The zero-order chi connectivity index (χ0) is 46.8. The van der Waals surface area contributed by atoms with Crippen molar-refractivity contribution in [2.24, 2.45) is 21.7 Å². The highest BCUT2D eigenvalue weighted by Crippen LogP contribution is 2.44. The van der Waals surface area contributed by atoms with Gasteiger partial charge in [-0.1, -0.05) is 118 Å². The number of carbonyl (C=O) groups excluding carboxylic acids is 2. The van der Waals surface area contributed by atoms with Gasteiger partial charge in [-0.05, 0) is 91.7 Å². The minimum Gasteiger partial charge on any atom is -0.438 e. The number of hydrogen-bond acceptors (Lipinski definition) is 10. The van der Waals surface area contributed by atoms with Gasteiger partial charge in [0.05, 0.1) is 24.3 Å². The number of aliphatic hydroxyl groups is 1. The number of rotatable bonds is 24. The molecule has 16 nitrogen and oxygen atoms in total. The molecule has 2 aliphatic rings. The molecule has 2 amide bonds. The van der Waals surface area contributed by atoms with E-state index in [0.717, 1.165) is 0 Å². The van der Waals surface area contributed by atoms with Crippen LogP contribution < -0.4 is 21.8 Å². The number of unbranched alkanes of at least 4 members (excludes halogenated alkanes) is 2. The topological polar surface area (TPSA) is 238 Å². The lowest BCUT2D eigenvalue weighted by Gasteiger charge is -2.49. The number of ether oxygens (including phenoxy) is 2. The lowest BCUT2D eigenvalue weighted by Crippen LogP contribution is -2.70. The summed E-state index contributed by atoms with van der Waals surface area (Å²) < 4.78 is 19.3. The van der Waals surface area contributed by atoms with E-state index in [9.17, 15) is 14.7 Å². The first-order chi connectivity index (χ1) is 30.0. The molecule has 17 heteroatoms. The second kappa shape index (κ2) is 24.3. The maximum atomic E-state index is 13.4. The standard InChI is InChI=1S/C31H45N5O3Si.C15H27N5O3/c1-7-17-26(32)28-31(6,38-29(37)36(28)23-16-15-22-34-35-33)27(8-2)39-40(30(3,4)5,24-18-11-9-12-19-24)25-20-13-10-14-21-25;1-4-8-11(16)13-15(3,12(21)5-2)23-14(22)20(13)10-7-6-9-18-19-17/h7,9-14,18-21,26-28H,1,8,15-17,22-23,32H2,2-6H3;4,11-13,21H,1,5-10,16H2,2-3H3/t26-,27-,28-,31-;11-,12-,13-,15-/m11/s1. The summed E-state index contributed by atoms with van der Waals surface area (Å²) in [5.74, 6) is 0. The highest BCUT2D eigenvalue weighted by atomic mass is 28.4. The summed E-state index contributed by atoms with van der Waals surface area (Å²) >= 11 is 0. The molecule has 2 aromatic carbocycles. The molecule has 2 heterocycles. The minimum absolute atomic E-state index is 0.234. The molecule has 0 bridgehead atoms. The van der Waals surface area contributed by atoms with E-state index >= 15 is 0 Å². The van der Waals surface area contributed by atoms with Crippen molar-refractivity contribution in [3.05, 3.63) is 107 Å². The van der Waals surface area contributed by atoms with Crippen molar-refractivity contribution in [2.75, 3.05) is 26.2 Å². The number of benzene rings is 2. The van der Waals surface area contributed by atoms with Gasteiger partial charge in [-0.25, -0.2) is 9.59 Å². The second-order valence-corrected chi connectivity index (χ2v) is 21.9. The van der Waals surface area contributed by atoms with Gasteiger partial charge in [0.1, 0.15) is 0 Å². The molecule has 0 aliphatic carbocycles. The summed E-state index contributed by atoms with van der Waals surface area (Å²) in [6.45, 7) is 23.6. The zero-order valence-corrected chi connectivity index (χ0v) is 39.5. The summed E-state index contributed by atoms with van der Waals surface area (Å²) in [6, 6.07) is 19.4. The van der Waals surface area contributed by atoms with Crippen molar-refractivity contribution in [1.82, 2.24) is 9.80 Å². The van der Waals surface area contributed by atoms with Crippen LogP contribution >= 0.6 is 0 Å². The summed E-state index contributed by atoms with van der Waals surface area (Å²) in [5, 5.41) is 19.5. The summed E-state index contributed by atoms with van der Waals surface area (Å²) in [6.07, 6.45) is 6.26. The van der Waals surface area contributed by atoms with E-state index in [2.05, 4.69) is 109 Å². The maximum absolute atomic E-state index is 13.4. The van der Waals surface area contributed by atoms with Gasteiger partial charge in [0.25, 0.3) is 8.32 Å². The number of nitrogens with zero attached hydrogens (tertiary/aromatic N) is 8. The Bertz CT molecular complexity index is 1840. The molecule has 2 saturated heterocycles. The van der Waals surface area contributed by atoms with E-state index in [0.29, 0.717) is 77.5 Å². The van der Waals surface area contributed by atoms with Gasteiger partial charge < -0.3 is 30.5 Å². The molecular formula is C46H72N10O6Si. The molecule has 0 unspecified atom stereocenters. The highest BCUT2D eigenvalue weighted by molar-refractivity contribution is 6.99. The highest BCUT2D eigenvalue weighted by Gasteiger charge is 2.61. The summed E-state index contributed by atoms with van der Waals surface area (Å²) in [4.78, 5) is 34.6. The molecule has 2 fully saturated rings. The molecule has 0 saturated carbocycles. The Hall–Kier alpha value is -4.86. The van der Waals surface area contributed by atoms with Gasteiger partial charge in [-0.2, -0.15) is 0 Å². The molecule has 8 atom stereocenters. The third-order valence-corrected chi connectivity index (χ3v) is 17.4. The predicted octanol–water partition coefficient (Wildman–Crippen LogP) is 8.25. The van der Waals surface area contributed by atoms with Gasteiger partial charge in [-0.3, -0.25) is 9.80 Å². The van der Waals surface area contributed by atoms with E-state index in [1.54, 1.807) is 28.9 Å². The number of amides is 2. The fourth-order valence-electron chi connectivity index (χ4n) is 9.33. The van der Waals surface area contributed by atoms with Crippen LogP contribution in [0.3, 0.4) is 0 Å². The van der Waals surface area contributed by atoms with Crippen LogP contribution in [0.1, 0.15) is 99.8 Å². The number of carbonyl (C=O) groups is 2. The Kier molecular flexibility index (Phi) is 20.2. The van der Waals surface area contributed by atoms with Gasteiger partial charge in [0.15, 0.2) is 11.2 Å². The number of aliphatic hydroxyl groups excluding tert-OH is 1. The average Bonchev–Trinajstić information content (AvgIpc) is 3.68. The summed E-state index contributed by atoms with van der Waals surface area (Å²) in [7, 11) is -2.93. The summed E-state index contributed by atoms with van der Waals surface area (Å²) in [5.41, 5.74) is 27.9. The van der Waals surface area contributed by atoms with Crippen LogP contribution in [-0.2, 0) is 13.9 Å². The Labute approximate surface area is 375 Å². The van der Waals surface area contributed by atoms with Crippen molar-refractivity contribution in [1.29, 1.82) is 0 Å². The van der Waals surface area contributed by atoms with Crippen molar-refractivity contribution in [3.8, 4) is 0 Å². The Morgan fingerprint density at radius 2 is 1.21 bits per heavy atom. The van der Waals surface area contributed by atoms with E-state index in [-0.39, 0.29) is 23.2 Å². The molecule has 0 radical (unpaired) electrons. The quantitative estimate of drug-likeness (QED) is 0.0231. The number of nitrogens with two attached hydrogens (primary N) is 2. The number of cyclic esters (lactones) is 2. The third kappa shape index (κ3) is 12.2. The molecule has 63 heavy (non-hydrogen) atoms. The normalized spacial score (nSPS) is 22.9.